The third-order valence-electron chi connectivity index (χ3n) is 7.57. The first-order valence-corrected chi connectivity index (χ1v) is 16.8. The summed E-state index contributed by atoms with van der Waals surface area (Å²) < 4.78 is 32.3. The Balaban J connectivity index is 1.75. The Bertz CT molecular complexity index is 1510. The van der Waals surface area contributed by atoms with Crippen LogP contribution >= 0.6 is 23.2 Å². The van der Waals surface area contributed by atoms with Crippen molar-refractivity contribution >= 4 is 50.7 Å². The maximum atomic E-state index is 14.3. The predicted octanol–water partition coefficient (Wildman–Crippen LogP) is 5.86. The van der Waals surface area contributed by atoms with Crippen molar-refractivity contribution in [1.82, 2.24) is 10.2 Å². The number of nitrogens with one attached hydrogen (secondary N) is 1. The molecule has 43 heavy (non-hydrogen) atoms. The van der Waals surface area contributed by atoms with Crippen LogP contribution in [0.2, 0.25) is 10.0 Å². The molecule has 4 rings (SSSR count). The lowest BCUT2D eigenvalue weighted by Crippen LogP contribution is -2.55. The number of anilines is 1. The van der Waals surface area contributed by atoms with Crippen LogP contribution in [0.1, 0.15) is 43.2 Å². The SMILES string of the molecule is COc1cccc(CN(C(=O)CN(c2cc(Cl)ccc2Cl)S(C)(=O)=O)[C@@H](Cc2ccccc2)C(=O)NC2CCCCC2)c1. The van der Waals surface area contributed by atoms with Gasteiger partial charge in [-0.25, -0.2) is 8.42 Å². The topological polar surface area (TPSA) is 96.0 Å². The maximum Gasteiger partial charge on any atom is 0.244 e. The van der Waals surface area contributed by atoms with E-state index in [-0.39, 0.29) is 40.6 Å². The Kier molecular flexibility index (Phi) is 11.3. The van der Waals surface area contributed by atoms with Gasteiger partial charge in [-0.3, -0.25) is 13.9 Å². The second-order valence-electron chi connectivity index (χ2n) is 10.8. The van der Waals surface area contributed by atoms with Crippen LogP contribution in [0.15, 0.2) is 72.8 Å². The maximum absolute atomic E-state index is 14.3. The van der Waals surface area contributed by atoms with Crippen molar-refractivity contribution in [2.24, 2.45) is 0 Å². The lowest BCUT2D eigenvalue weighted by atomic mass is 9.94. The molecule has 0 aromatic heterocycles. The van der Waals surface area contributed by atoms with Crippen molar-refractivity contribution in [3.05, 3.63) is 94.0 Å². The number of halogens is 2. The molecule has 1 saturated carbocycles. The molecule has 3 aromatic rings. The number of methoxy groups -OCH3 is 1. The highest BCUT2D eigenvalue weighted by molar-refractivity contribution is 7.92. The molecule has 11 heteroatoms. The van der Waals surface area contributed by atoms with Crippen molar-refractivity contribution in [3.63, 3.8) is 0 Å². The molecular formula is C32H37Cl2N3O5S. The van der Waals surface area contributed by atoms with Crippen LogP contribution in [0.4, 0.5) is 5.69 Å². The van der Waals surface area contributed by atoms with E-state index in [9.17, 15) is 18.0 Å². The molecule has 0 saturated heterocycles. The number of ether oxygens (including phenoxy) is 1. The van der Waals surface area contributed by atoms with Gasteiger partial charge in [-0.15, -0.1) is 0 Å². The first-order valence-electron chi connectivity index (χ1n) is 14.2. The number of carbonyl (C=O) groups is 2. The summed E-state index contributed by atoms with van der Waals surface area (Å²) in [6.07, 6.45) is 6.20. The number of rotatable bonds is 12. The van der Waals surface area contributed by atoms with E-state index in [2.05, 4.69) is 5.32 Å². The normalized spacial score (nSPS) is 14.5. The van der Waals surface area contributed by atoms with E-state index in [1.165, 1.54) is 23.1 Å². The smallest absolute Gasteiger partial charge is 0.244 e. The van der Waals surface area contributed by atoms with Gasteiger partial charge in [0.15, 0.2) is 0 Å². The summed E-state index contributed by atoms with van der Waals surface area (Å²) in [5, 5.41) is 3.58. The molecule has 230 valence electrons. The van der Waals surface area contributed by atoms with E-state index < -0.39 is 28.5 Å². The quantitative estimate of drug-likeness (QED) is 0.266. The van der Waals surface area contributed by atoms with Gasteiger partial charge in [-0.1, -0.05) is 84.9 Å². The average Bonchev–Trinajstić information content (AvgIpc) is 2.99. The summed E-state index contributed by atoms with van der Waals surface area (Å²) in [6.45, 7) is -0.530. The number of nitrogens with zero attached hydrogens (tertiary/aromatic N) is 2. The van der Waals surface area contributed by atoms with Gasteiger partial charge in [0, 0.05) is 24.0 Å². The van der Waals surface area contributed by atoms with Gasteiger partial charge in [0.05, 0.1) is 24.1 Å². The Labute approximate surface area is 264 Å². The summed E-state index contributed by atoms with van der Waals surface area (Å²) in [6, 6.07) is 20.2. The zero-order valence-electron chi connectivity index (χ0n) is 24.3. The molecule has 1 atom stereocenters. The zero-order chi connectivity index (χ0) is 31.0. The van der Waals surface area contributed by atoms with Crippen LogP contribution in [-0.4, -0.2) is 57.1 Å². The molecule has 0 heterocycles. The van der Waals surface area contributed by atoms with Gasteiger partial charge in [0.2, 0.25) is 21.8 Å². The lowest BCUT2D eigenvalue weighted by Gasteiger charge is -2.35. The van der Waals surface area contributed by atoms with Crippen LogP contribution in [0.25, 0.3) is 0 Å². The molecule has 0 bridgehead atoms. The largest absolute Gasteiger partial charge is 0.497 e. The number of hydrogen-bond acceptors (Lipinski definition) is 5. The molecular weight excluding hydrogens is 609 g/mol. The van der Waals surface area contributed by atoms with E-state index in [1.54, 1.807) is 25.3 Å². The molecule has 8 nitrogen and oxygen atoms in total. The van der Waals surface area contributed by atoms with Crippen LogP contribution < -0.4 is 14.4 Å². The van der Waals surface area contributed by atoms with Gasteiger partial charge in [-0.2, -0.15) is 0 Å². The number of amides is 2. The summed E-state index contributed by atoms with van der Waals surface area (Å²) in [5.41, 5.74) is 1.67. The molecule has 1 N–H and O–H groups in total. The number of hydrogen-bond donors (Lipinski definition) is 1. The number of carbonyl (C=O) groups excluding carboxylic acids is 2. The minimum atomic E-state index is -3.97. The Morgan fingerprint density at radius 2 is 1.65 bits per heavy atom. The molecule has 0 aliphatic heterocycles. The predicted molar refractivity (Wildman–Crippen MR) is 171 cm³/mol. The highest BCUT2D eigenvalue weighted by atomic mass is 35.5. The highest BCUT2D eigenvalue weighted by Crippen LogP contribution is 2.31. The molecule has 2 amide bonds. The fourth-order valence-corrected chi connectivity index (χ4v) is 6.63. The van der Waals surface area contributed by atoms with Crippen LogP contribution in [0.5, 0.6) is 5.75 Å². The Morgan fingerprint density at radius 3 is 2.33 bits per heavy atom. The molecule has 3 aromatic carbocycles. The number of sulfonamides is 1. The van der Waals surface area contributed by atoms with Crippen molar-refractivity contribution in [1.29, 1.82) is 0 Å². The second-order valence-corrected chi connectivity index (χ2v) is 13.5. The van der Waals surface area contributed by atoms with Crippen molar-refractivity contribution in [2.45, 2.75) is 57.2 Å². The molecule has 0 spiro atoms. The number of benzene rings is 3. The molecule has 0 unspecified atom stereocenters. The van der Waals surface area contributed by atoms with Crippen LogP contribution in [0, 0.1) is 0 Å². The third-order valence-corrected chi connectivity index (χ3v) is 9.25. The minimum Gasteiger partial charge on any atom is -0.497 e. The molecule has 0 radical (unpaired) electrons. The fourth-order valence-electron chi connectivity index (χ4n) is 5.34. The summed E-state index contributed by atoms with van der Waals surface area (Å²) in [7, 11) is -2.42. The first kappa shape index (κ1) is 32.6. The zero-order valence-corrected chi connectivity index (χ0v) is 26.7. The lowest BCUT2D eigenvalue weighted by molar-refractivity contribution is -0.140. The van der Waals surface area contributed by atoms with Crippen molar-refractivity contribution < 1.29 is 22.7 Å². The second kappa shape index (κ2) is 14.9. The minimum absolute atomic E-state index is 0.0195. The van der Waals surface area contributed by atoms with Gasteiger partial charge >= 0.3 is 0 Å². The first-order chi connectivity index (χ1) is 20.5. The summed E-state index contributed by atoms with van der Waals surface area (Å²) in [5.74, 6) is -0.248. The molecule has 1 fully saturated rings. The van der Waals surface area contributed by atoms with E-state index in [0.717, 1.165) is 53.8 Å². The molecule has 1 aliphatic carbocycles. The van der Waals surface area contributed by atoms with Gasteiger partial charge < -0.3 is 15.0 Å². The van der Waals surface area contributed by atoms with Gasteiger partial charge in [-0.05, 0) is 54.3 Å². The Hall–Kier alpha value is -3.27. The monoisotopic (exact) mass is 645 g/mol. The van der Waals surface area contributed by atoms with Gasteiger partial charge in [0.1, 0.15) is 18.3 Å². The van der Waals surface area contributed by atoms with E-state index in [4.69, 9.17) is 27.9 Å². The average molecular weight is 647 g/mol. The Morgan fingerprint density at radius 1 is 0.953 bits per heavy atom. The van der Waals surface area contributed by atoms with E-state index in [1.807, 2.05) is 36.4 Å². The van der Waals surface area contributed by atoms with Crippen molar-refractivity contribution in [3.8, 4) is 5.75 Å². The molecule has 1 aliphatic rings. The van der Waals surface area contributed by atoms with E-state index >= 15 is 0 Å². The third kappa shape index (κ3) is 9.11. The summed E-state index contributed by atoms with van der Waals surface area (Å²) in [4.78, 5) is 29.8. The highest BCUT2D eigenvalue weighted by Gasteiger charge is 2.34. The fraction of sp³-hybridized carbons (Fsp3) is 0.375. The standard InChI is InChI=1S/C32H37Cl2N3O5S/c1-42-27-15-9-12-24(18-27)21-36(31(38)22-37(43(2,40)41)29-20-25(33)16-17-28(29)34)30(19-23-10-5-3-6-11-23)32(39)35-26-13-7-4-8-14-26/h3,5-6,9-12,15-18,20,26,30H,4,7-8,13-14,19,21-22H2,1-2H3,(H,35,39)/t30-/m0/s1. The van der Waals surface area contributed by atoms with Crippen LogP contribution in [0.3, 0.4) is 0 Å². The summed E-state index contributed by atoms with van der Waals surface area (Å²) >= 11 is 12.6. The van der Waals surface area contributed by atoms with E-state index in [0.29, 0.717) is 5.75 Å². The van der Waals surface area contributed by atoms with Crippen molar-refractivity contribution in [2.75, 3.05) is 24.2 Å². The van der Waals surface area contributed by atoms with Gasteiger partial charge in [0.25, 0.3) is 0 Å². The van der Waals surface area contributed by atoms with Crippen LogP contribution in [-0.2, 0) is 32.6 Å².